The van der Waals surface area contributed by atoms with Crippen molar-refractivity contribution in [2.24, 2.45) is 0 Å². The molecule has 0 aromatic heterocycles. The van der Waals surface area contributed by atoms with Crippen LogP contribution in [0, 0.1) is 13.8 Å². The van der Waals surface area contributed by atoms with E-state index in [-0.39, 0.29) is 6.03 Å². The van der Waals surface area contributed by atoms with Gasteiger partial charge in [-0.15, -0.1) is 0 Å². The lowest BCUT2D eigenvalue weighted by Gasteiger charge is -2.25. The average molecular weight is 292 g/mol. The average Bonchev–Trinajstić information content (AvgIpc) is 3.21. The topological polar surface area (TPSA) is 32.3 Å². The van der Waals surface area contributed by atoms with Crippen molar-refractivity contribution < 1.29 is 4.79 Å². The Morgan fingerprint density at radius 3 is 2.15 bits per heavy atom. The number of carbonyl (C=O) groups is 1. The Bertz CT molecular complexity index is 495. The molecule has 2 amide bonds. The van der Waals surface area contributed by atoms with E-state index in [1.165, 1.54) is 26.6 Å². The molecular formula is C16H24N2OS. The lowest BCUT2D eigenvalue weighted by Crippen LogP contribution is -2.36. The van der Waals surface area contributed by atoms with Crippen LogP contribution in [0.25, 0.3) is 0 Å². The van der Waals surface area contributed by atoms with Crippen LogP contribution < -0.4 is 9.62 Å². The summed E-state index contributed by atoms with van der Waals surface area (Å²) in [5, 5.41) is 3.00. The predicted octanol–water partition coefficient (Wildman–Crippen LogP) is 3.95. The van der Waals surface area contributed by atoms with Crippen molar-refractivity contribution in [3.8, 4) is 0 Å². The largest absolute Gasteiger partial charge is 0.334 e. The summed E-state index contributed by atoms with van der Waals surface area (Å²) < 4.78 is 1.51. The molecular weight excluding hydrogens is 268 g/mol. The molecule has 1 N–H and O–H groups in total. The summed E-state index contributed by atoms with van der Waals surface area (Å²) in [6, 6.07) is 2.45. The number of anilines is 1. The fraction of sp³-hybridized carbons (Fsp3) is 0.562. The zero-order valence-corrected chi connectivity index (χ0v) is 13.7. The number of rotatable bonds is 4. The fourth-order valence-electron chi connectivity index (χ4n) is 2.77. The van der Waals surface area contributed by atoms with E-state index in [1.54, 1.807) is 0 Å². The summed E-state index contributed by atoms with van der Waals surface area (Å²) in [7, 11) is 0. The first-order valence-corrected chi connectivity index (χ1v) is 7.81. The summed E-state index contributed by atoms with van der Waals surface area (Å²) in [6.07, 6.45) is 3.98. The highest BCUT2D eigenvalue weighted by molar-refractivity contribution is 7.82. The molecule has 4 heteroatoms. The third-order valence-electron chi connectivity index (χ3n) is 3.97. The minimum Gasteiger partial charge on any atom is -0.334 e. The van der Waals surface area contributed by atoms with Crippen molar-refractivity contribution in [2.45, 2.75) is 59.4 Å². The Kier molecular flexibility index (Phi) is 4.63. The predicted molar refractivity (Wildman–Crippen MR) is 87.7 cm³/mol. The molecule has 1 fully saturated rings. The molecule has 0 saturated heterocycles. The van der Waals surface area contributed by atoms with Gasteiger partial charge in [-0.3, -0.25) is 0 Å². The van der Waals surface area contributed by atoms with E-state index in [1.807, 2.05) is 0 Å². The summed E-state index contributed by atoms with van der Waals surface area (Å²) in [5.74, 6) is 0. The second kappa shape index (κ2) is 6.08. The second-order valence-corrected chi connectivity index (χ2v) is 5.96. The number of aryl methyl sites for hydroxylation is 2. The standard InChI is InChI=1S/C16H24N2OS/c1-5-13-10(3)9-11(4)14(6-2)15(13)18(20)16(19)17-12-7-8-12/h9,12,20H,5-8H2,1-4H3,(H,17,19). The van der Waals surface area contributed by atoms with Gasteiger partial charge in [-0.2, -0.15) is 0 Å². The fourth-order valence-corrected chi connectivity index (χ4v) is 3.07. The second-order valence-electron chi connectivity index (χ2n) is 5.56. The highest BCUT2D eigenvalue weighted by Gasteiger charge is 2.27. The van der Waals surface area contributed by atoms with Gasteiger partial charge in [0, 0.05) is 6.04 Å². The van der Waals surface area contributed by atoms with Gasteiger partial charge in [-0.25, -0.2) is 9.10 Å². The van der Waals surface area contributed by atoms with E-state index < -0.39 is 0 Å². The molecule has 3 nitrogen and oxygen atoms in total. The van der Waals surface area contributed by atoms with Crippen molar-refractivity contribution >= 4 is 24.5 Å². The molecule has 20 heavy (non-hydrogen) atoms. The van der Waals surface area contributed by atoms with Crippen LogP contribution in [0.1, 0.15) is 48.9 Å². The van der Waals surface area contributed by atoms with Crippen LogP contribution in [0.3, 0.4) is 0 Å². The minimum absolute atomic E-state index is 0.106. The highest BCUT2D eigenvalue weighted by Crippen LogP contribution is 2.34. The Hall–Kier alpha value is -1.16. The van der Waals surface area contributed by atoms with Gasteiger partial charge in [0.1, 0.15) is 0 Å². The molecule has 0 atom stereocenters. The number of amides is 2. The van der Waals surface area contributed by atoms with Crippen molar-refractivity contribution in [3.05, 3.63) is 28.3 Å². The lowest BCUT2D eigenvalue weighted by atomic mass is 9.94. The van der Waals surface area contributed by atoms with Gasteiger partial charge in [0.25, 0.3) is 0 Å². The third kappa shape index (κ3) is 2.95. The van der Waals surface area contributed by atoms with Crippen molar-refractivity contribution in [3.63, 3.8) is 0 Å². The molecule has 0 spiro atoms. The van der Waals surface area contributed by atoms with Crippen LogP contribution in [0.2, 0.25) is 0 Å². The first-order valence-electron chi connectivity index (χ1n) is 7.41. The van der Waals surface area contributed by atoms with Gasteiger partial charge >= 0.3 is 6.03 Å². The van der Waals surface area contributed by atoms with E-state index in [2.05, 4.69) is 51.9 Å². The van der Waals surface area contributed by atoms with Gasteiger partial charge in [-0.05, 0) is 61.8 Å². The molecule has 2 rings (SSSR count). The number of urea groups is 1. The number of nitrogens with one attached hydrogen (secondary N) is 1. The smallest absolute Gasteiger partial charge is 0.332 e. The van der Waals surface area contributed by atoms with Crippen LogP contribution in [0.4, 0.5) is 10.5 Å². The number of hydrogen-bond acceptors (Lipinski definition) is 2. The monoisotopic (exact) mass is 292 g/mol. The van der Waals surface area contributed by atoms with Gasteiger partial charge < -0.3 is 5.32 Å². The summed E-state index contributed by atoms with van der Waals surface area (Å²) >= 11 is 4.48. The molecule has 0 unspecified atom stereocenters. The Morgan fingerprint density at radius 2 is 1.75 bits per heavy atom. The van der Waals surface area contributed by atoms with Crippen LogP contribution in [-0.4, -0.2) is 12.1 Å². The molecule has 0 radical (unpaired) electrons. The van der Waals surface area contributed by atoms with Gasteiger partial charge in [0.15, 0.2) is 0 Å². The maximum absolute atomic E-state index is 12.3. The van der Waals surface area contributed by atoms with Crippen LogP contribution in [-0.2, 0) is 12.8 Å². The maximum atomic E-state index is 12.3. The van der Waals surface area contributed by atoms with Crippen molar-refractivity contribution in [1.82, 2.24) is 5.32 Å². The Labute approximate surface area is 127 Å². The molecule has 1 aliphatic rings. The molecule has 0 aliphatic heterocycles. The molecule has 1 aromatic rings. The van der Waals surface area contributed by atoms with Crippen LogP contribution in [0.15, 0.2) is 6.07 Å². The van der Waals surface area contributed by atoms with E-state index in [4.69, 9.17) is 0 Å². The summed E-state index contributed by atoms with van der Waals surface area (Å²) in [4.78, 5) is 12.3. The molecule has 0 bridgehead atoms. The molecule has 1 aromatic carbocycles. The highest BCUT2D eigenvalue weighted by atomic mass is 32.1. The quantitative estimate of drug-likeness (QED) is 0.809. The first kappa shape index (κ1) is 15.2. The number of hydrogen-bond donors (Lipinski definition) is 2. The summed E-state index contributed by atoms with van der Waals surface area (Å²) in [5.41, 5.74) is 5.88. The molecule has 110 valence electrons. The van der Waals surface area contributed by atoms with Crippen LogP contribution >= 0.6 is 12.8 Å². The number of carbonyl (C=O) groups excluding carboxylic acids is 1. The van der Waals surface area contributed by atoms with Crippen molar-refractivity contribution in [2.75, 3.05) is 4.31 Å². The third-order valence-corrected chi connectivity index (χ3v) is 4.35. The van der Waals surface area contributed by atoms with Crippen molar-refractivity contribution in [1.29, 1.82) is 0 Å². The molecule has 1 aliphatic carbocycles. The van der Waals surface area contributed by atoms with Gasteiger partial charge in [-0.1, -0.05) is 32.7 Å². The first-order chi connectivity index (χ1) is 9.49. The maximum Gasteiger partial charge on any atom is 0.332 e. The number of nitrogens with zero attached hydrogens (tertiary/aromatic N) is 1. The SMILES string of the molecule is CCc1c(C)cc(C)c(CC)c1N(S)C(=O)NC1CC1. The number of benzene rings is 1. The Balaban J connectivity index is 2.43. The van der Waals surface area contributed by atoms with E-state index in [0.29, 0.717) is 6.04 Å². The van der Waals surface area contributed by atoms with E-state index >= 15 is 0 Å². The zero-order valence-electron chi connectivity index (χ0n) is 12.8. The zero-order chi connectivity index (χ0) is 14.9. The molecule has 0 heterocycles. The van der Waals surface area contributed by atoms with Gasteiger partial charge in [0.05, 0.1) is 5.69 Å². The van der Waals surface area contributed by atoms with E-state index in [9.17, 15) is 4.79 Å². The normalized spacial score (nSPS) is 14.2. The minimum atomic E-state index is -0.106. The van der Waals surface area contributed by atoms with Crippen LogP contribution in [0.5, 0.6) is 0 Å². The molecule has 1 saturated carbocycles. The lowest BCUT2D eigenvalue weighted by molar-refractivity contribution is 0.249. The van der Waals surface area contributed by atoms with E-state index in [0.717, 1.165) is 31.4 Å². The summed E-state index contributed by atoms with van der Waals surface area (Å²) in [6.45, 7) is 8.46. The Morgan fingerprint density at radius 1 is 1.25 bits per heavy atom. The van der Waals surface area contributed by atoms with Gasteiger partial charge in [0.2, 0.25) is 0 Å². The number of thiol groups is 1.